The summed E-state index contributed by atoms with van der Waals surface area (Å²) < 4.78 is 40.9. The van der Waals surface area contributed by atoms with Gasteiger partial charge in [0.25, 0.3) is 0 Å². The number of benzene rings is 2. The summed E-state index contributed by atoms with van der Waals surface area (Å²) in [4.78, 5) is 15.8. The first-order chi connectivity index (χ1) is 19.8. The average Bonchev–Trinajstić information content (AvgIpc) is 2.99. The first-order valence-corrected chi connectivity index (χ1v) is 16.2. The van der Waals surface area contributed by atoms with Crippen LogP contribution in [0.3, 0.4) is 0 Å². The Hall–Kier alpha value is -2.92. The molecule has 9 nitrogen and oxygen atoms in total. The minimum Gasteiger partial charge on any atom is -0.483 e. The molecule has 11 heteroatoms. The van der Waals surface area contributed by atoms with Crippen molar-refractivity contribution in [2.75, 3.05) is 43.9 Å². The second-order valence-electron chi connectivity index (χ2n) is 10.6. The van der Waals surface area contributed by atoms with E-state index in [-0.39, 0.29) is 29.3 Å². The molecule has 0 radical (unpaired) electrons. The van der Waals surface area contributed by atoms with Crippen LogP contribution >= 0.6 is 11.6 Å². The van der Waals surface area contributed by atoms with Crippen molar-refractivity contribution in [2.24, 2.45) is 0 Å². The van der Waals surface area contributed by atoms with Crippen molar-refractivity contribution >= 4 is 27.3 Å². The Morgan fingerprint density at radius 2 is 1.66 bits per heavy atom. The lowest BCUT2D eigenvalue weighted by Crippen LogP contribution is -2.50. The van der Waals surface area contributed by atoms with Crippen molar-refractivity contribution in [3.05, 3.63) is 81.7 Å². The lowest BCUT2D eigenvalue weighted by molar-refractivity contribution is 0.0323. The van der Waals surface area contributed by atoms with Gasteiger partial charge in [-0.1, -0.05) is 48.0 Å². The molecular weight excluding hydrogens is 564 g/mol. The summed E-state index contributed by atoms with van der Waals surface area (Å²) in [6.45, 7) is 1.55. The third-order valence-electron chi connectivity index (χ3n) is 7.89. The third kappa shape index (κ3) is 7.30. The highest BCUT2D eigenvalue weighted by molar-refractivity contribution is 7.89. The molecule has 0 N–H and O–H groups in total. The monoisotopic (exact) mass is 600 g/mol. The van der Waals surface area contributed by atoms with Crippen molar-refractivity contribution in [3.8, 4) is 11.4 Å². The Kier molecular flexibility index (Phi) is 9.64. The Bertz CT molecular complexity index is 1470. The number of halogens is 1. The van der Waals surface area contributed by atoms with Gasteiger partial charge in [-0.2, -0.15) is 14.1 Å². The second kappa shape index (κ2) is 13.4. The van der Waals surface area contributed by atoms with Gasteiger partial charge in [-0.05, 0) is 62.3 Å². The number of piperazine rings is 1. The summed E-state index contributed by atoms with van der Waals surface area (Å²) in [5.41, 5.74) is 1.90. The van der Waals surface area contributed by atoms with Crippen molar-refractivity contribution in [1.29, 1.82) is 0 Å². The molecule has 2 aliphatic rings. The molecular formula is C30H37ClN4O5S. The van der Waals surface area contributed by atoms with E-state index in [4.69, 9.17) is 21.1 Å². The van der Waals surface area contributed by atoms with Crippen molar-refractivity contribution < 1.29 is 17.9 Å². The highest BCUT2D eigenvalue weighted by Crippen LogP contribution is 2.31. The Morgan fingerprint density at radius 1 is 0.951 bits per heavy atom. The first kappa shape index (κ1) is 29.6. The summed E-state index contributed by atoms with van der Waals surface area (Å²) >= 11 is 6.19. The third-order valence-corrected chi connectivity index (χ3v) is 10.1. The van der Waals surface area contributed by atoms with Gasteiger partial charge in [-0.25, -0.2) is 8.42 Å². The number of sulfonamides is 1. The van der Waals surface area contributed by atoms with E-state index in [1.54, 1.807) is 41.9 Å². The molecule has 0 amide bonds. The van der Waals surface area contributed by atoms with E-state index in [2.05, 4.69) is 5.10 Å². The number of anilines is 1. The smallest absolute Gasteiger partial charge is 0.316 e. The maximum absolute atomic E-state index is 13.8. The molecule has 41 heavy (non-hydrogen) atoms. The first-order valence-electron chi connectivity index (χ1n) is 14.2. The normalized spacial score (nSPS) is 20.2. The number of hydrogen-bond acceptors (Lipinski definition) is 7. The number of aromatic nitrogens is 2. The summed E-state index contributed by atoms with van der Waals surface area (Å²) in [6.07, 6.45) is 6.32. The van der Waals surface area contributed by atoms with E-state index in [1.165, 1.54) is 4.68 Å². The molecule has 2 aromatic carbocycles. The SMILES string of the molecule is COC1CCC(Oc2c(N3CCN(S(=O)(=O)CCCc4ccccc4)CC3)cnn(-c3cccc(Cl)c3)c2=O)CC1. The van der Waals surface area contributed by atoms with E-state index in [0.717, 1.165) is 37.7 Å². The van der Waals surface area contributed by atoms with Gasteiger partial charge >= 0.3 is 5.56 Å². The zero-order valence-corrected chi connectivity index (χ0v) is 24.9. The molecule has 2 fully saturated rings. The quantitative estimate of drug-likeness (QED) is 0.342. The zero-order valence-electron chi connectivity index (χ0n) is 23.3. The van der Waals surface area contributed by atoms with Crippen LogP contribution < -0.4 is 15.2 Å². The van der Waals surface area contributed by atoms with Gasteiger partial charge in [0.2, 0.25) is 15.8 Å². The van der Waals surface area contributed by atoms with Crippen LogP contribution in [-0.4, -0.2) is 73.8 Å². The fourth-order valence-corrected chi connectivity index (χ4v) is 7.22. The van der Waals surface area contributed by atoms with Gasteiger partial charge in [-0.15, -0.1) is 0 Å². The number of ether oxygens (including phenoxy) is 2. The van der Waals surface area contributed by atoms with Crippen molar-refractivity contribution in [3.63, 3.8) is 0 Å². The fourth-order valence-electron chi connectivity index (χ4n) is 5.55. The summed E-state index contributed by atoms with van der Waals surface area (Å²) in [5, 5.41) is 4.95. The van der Waals surface area contributed by atoms with E-state index < -0.39 is 10.0 Å². The molecule has 3 aromatic rings. The van der Waals surface area contributed by atoms with Gasteiger partial charge in [-0.3, -0.25) is 4.79 Å². The van der Waals surface area contributed by atoms with Crippen LogP contribution in [0.25, 0.3) is 5.69 Å². The Morgan fingerprint density at radius 3 is 2.34 bits per heavy atom. The van der Waals surface area contributed by atoms with E-state index >= 15 is 0 Å². The fraction of sp³-hybridized carbons (Fsp3) is 0.467. The Balaban J connectivity index is 1.31. The molecule has 1 saturated carbocycles. The highest BCUT2D eigenvalue weighted by atomic mass is 35.5. The largest absolute Gasteiger partial charge is 0.483 e. The molecule has 5 rings (SSSR count). The second-order valence-corrected chi connectivity index (χ2v) is 13.1. The number of rotatable bonds is 10. The predicted octanol–water partition coefficient (Wildman–Crippen LogP) is 4.31. The molecule has 2 heterocycles. The van der Waals surface area contributed by atoms with E-state index in [0.29, 0.717) is 49.0 Å². The van der Waals surface area contributed by atoms with Crippen molar-refractivity contribution in [2.45, 2.75) is 50.7 Å². The minimum absolute atomic E-state index is 0.109. The summed E-state index contributed by atoms with van der Waals surface area (Å²) in [7, 11) is -1.66. The van der Waals surface area contributed by atoms with Crippen LogP contribution in [0, 0.1) is 0 Å². The van der Waals surface area contributed by atoms with Crippen molar-refractivity contribution in [1.82, 2.24) is 14.1 Å². The lowest BCUT2D eigenvalue weighted by atomic mass is 9.95. The van der Waals surface area contributed by atoms with Gasteiger partial charge < -0.3 is 14.4 Å². The lowest BCUT2D eigenvalue weighted by Gasteiger charge is -2.36. The maximum Gasteiger partial charge on any atom is 0.316 e. The molecule has 0 unspecified atom stereocenters. The van der Waals surface area contributed by atoms with E-state index in [9.17, 15) is 13.2 Å². The van der Waals surface area contributed by atoms with Gasteiger partial charge in [0.15, 0.2) is 0 Å². The van der Waals surface area contributed by atoms with Crippen LogP contribution in [-0.2, 0) is 21.2 Å². The van der Waals surface area contributed by atoms with Crippen LogP contribution in [0.2, 0.25) is 5.02 Å². The van der Waals surface area contributed by atoms with Gasteiger partial charge in [0, 0.05) is 38.3 Å². The van der Waals surface area contributed by atoms with Crippen LogP contribution in [0.5, 0.6) is 5.75 Å². The topological polar surface area (TPSA) is 94.0 Å². The molecule has 1 aliphatic heterocycles. The zero-order chi connectivity index (χ0) is 28.8. The standard InChI is InChI=1S/C30H37ClN4O5S/c1-39-26-12-14-27(15-13-26)40-29-28(22-32-35(30(29)36)25-11-5-10-24(31)21-25)33-16-18-34(19-17-33)41(37,38)20-6-9-23-7-3-2-4-8-23/h2-5,7-8,10-11,21-22,26-27H,6,9,12-20H2,1H3. The maximum atomic E-state index is 13.8. The number of hydrogen-bond donors (Lipinski definition) is 0. The van der Waals surface area contributed by atoms with Crippen LogP contribution in [0.4, 0.5) is 5.69 Å². The number of aryl methyl sites for hydroxylation is 1. The predicted molar refractivity (Wildman–Crippen MR) is 161 cm³/mol. The summed E-state index contributed by atoms with van der Waals surface area (Å²) in [5.74, 6) is 0.345. The number of nitrogens with zero attached hydrogens (tertiary/aromatic N) is 4. The Labute approximate surface area is 246 Å². The molecule has 1 aliphatic carbocycles. The molecule has 220 valence electrons. The highest BCUT2D eigenvalue weighted by Gasteiger charge is 2.31. The average molecular weight is 601 g/mol. The van der Waals surface area contributed by atoms with Crippen LogP contribution in [0.15, 0.2) is 65.6 Å². The van der Waals surface area contributed by atoms with Gasteiger partial charge in [0.05, 0.1) is 29.8 Å². The molecule has 0 spiro atoms. The molecule has 0 atom stereocenters. The molecule has 0 bridgehead atoms. The summed E-state index contributed by atoms with van der Waals surface area (Å²) in [6, 6.07) is 16.9. The van der Waals surface area contributed by atoms with Gasteiger partial charge in [0.1, 0.15) is 5.69 Å². The van der Waals surface area contributed by atoms with E-state index in [1.807, 2.05) is 35.2 Å². The molecule has 1 saturated heterocycles. The molecule has 1 aromatic heterocycles. The number of methoxy groups -OCH3 is 1. The minimum atomic E-state index is -3.39. The van der Waals surface area contributed by atoms with Crippen LogP contribution in [0.1, 0.15) is 37.7 Å².